The molecule has 4 heteroatoms. The van der Waals surface area contributed by atoms with Crippen LogP contribution in [0.25, 0.3) is 0 Å². The molecule has 1 aromatic rings. The zero-order chi connectivity index (χ0) is 10.8. The zero-order valence-corrected chi connectivity index (χ0v) is 9.99. The summed E-state index contributed by atoms with van der Waals surface area (Å²) < 4.78 is 6.08. The summed E-state index contributed by atoms with van der Waals surface area (Å²) in [5.41, 5.74) is 2.29. The predicted molar refractivity (Wildman–Crippen MR) is 61.5 cm³/mol. The number of fused-ring (bicyclic) bond motifs is 1. The van der Waals surface area contributed by atoms with Crippen molar-refractivity contribution in [2.75, 3.05) is 6.61 Å². The Labute approximate surface area is 94.9 Å². The van der Waals surface area contributed by atoms with E-state index in [-0.39, 0.29) is 0 Å². The highest BCUT2D eigenvalue weighted by Gasteiger charge is 2.15. The predicted octanol–water partition coefficient (Wildman–Crippen LogP) is 2.73. The zero-order valence-electron chi connectivity index (χ0n) is 9.17. The maximum atomic E-state index is 5.38. The molecule has 1 aliphatic heterocycles. The first-order valence-electron chi connectivity index (χ1n) is 5.42. The van der Waals surface area contributed by atoms with Gasteiger partial charge in [0.1, 0.15) is 10.5 Å². The fourth-order valence-corrected chi connectivity index (χ4v) is 1.98. The lowest BCUT2D eigenvalue weighted by atomic mass is 10.1. The molecule has 0 aromatic carbocycles. The smallest absolute Gasteiger partial charge is 0.135 e. The molecule has 1 aliphatic rings. The van der Waals surface area contributed by atoms with E-state index in [1.165, 1.54) is 5.69 Å². The van der Waals surface area contributed by atoms with E-state index in [2.05, 4.69) is 23.8 Å². The lowest BCUT2D eigenvalue weighted by Crippen LogP contribution is -2.15. The molecule has 0 fully saturated rings. The Morgan fingerprint density at radius 1 is 1.60 bits per heavy atom. The summed E-state index contributed by atoms with van der Waals surface area (Å²) in [5, 5.41) is 0. The fourth-order valence-electron chi connectivity index (χ4n) is 1.70. The van der Waals surface area contributed by atoms with Gasteiger partial charge in [-0.2, -0.15) is 0 Å². The van der Waals surface area contributed by atoms with Crippen molar-refractivity contribution in [3.05, 3.63) is 21.7 Å². The first-order chi connectivity index (χ1) is 7.22. The highest BCUT2D eigenvalue weighted by Crippen LogP contribution is 2.20. The Hall–Kier alpha value is -0.740. The van der Waals surface area contributed by atoms with Crippen LogP contribution in [0.5, 0.6) is 0 Å². The van der Waals surface area contributed by atoms with Crippen LogP contribution in [0.1, 0.15) is 43.3 Å². The van der Waals surface area contributed by atoms with Crippen molar-refractivity contribution in [2.24, 2.45) is 0 Å². The van der Waals surface area contributed by atoms with Gasteiger partial charge in [-0.1, -0.05) is 26.1 Å². The van der Waals surface area contributed by atoms with Crippen LogP contribution in [0.4, 0.5) is 0 Å². The van der Waals surface area contributed by atoms with Gasteiger partial charge in [-0.25, -0.2) is 4.98 Å². The molecule has 0 saturated heterocycles. The molecule has 1 unspecified atom stereocenters. The van der Waals surface area contributed by atoms with Gasteiger partial charge in [0.25, 0.3) is 0 Å². The number of hydrogen-bond donors (Lipinski definition) is 1. The Balaban J connectivity index is 2.45. The highest BCUT2D eigenvalue weighted by atomic mass is 32.1. The molecule has 82 valence electrons. The van der Waals surface area contributed by atoms with Gasteiger partial charge in [0.15, 0.2) is 0 Å². The summed E-state index contributed by atoms with van der Waals surface area (Å²) in [7, 11) is 0. The van der Waals surface area contributed by atoms with E-state index in [1.54, 1.807) is 0 Å². The van der Waals surface area contributed by atoms with Crippen LogP contribution >= 0.6 is 12.2 Å². The molecule has 2 heterocycles. The van der Waals surface area contributed by atoms with E-state index in [4.69, 9.17) is 17.0 Å². The molecule has 0 bridgehead atoms. The number of nitrogens with zero attached hydrogens (tertiary/aromatic N) is 1. The standard InChI is InChI=1S/C11H16N2OS/c1-3-7(2)10-12-9-4-5-14-6-8(9)11(15)13-10/h7H,3-6H2,1-2H3,(H,12,13,15). The van der Waals surface area contributed by atoms with Crippen molar-refractivity contribution in [1.82, 2.24) is 9.97 Å². The Morgan fingerprint density at radius 3 is 3.13 bits per heavy atom. The molecule has 15 heavy (non-hydrogen) atoms. The highest BCUT2D eigenvalue weighted by molar-refractivity contribution is 7.71. The number of rotatable bonds is 2. The second-order valence-corrected chi connectivity index (χ2v) is 4.38. The van der Waals surface area contributed by atoms with Gasteiger partial charge in [-0.05, 0) is 6.42 Å². The van der Waals surface area contributed by atoms with Crippen molar-refractivity contribution < 1.29 is 4.74 Å². The normalized spacial score (nSPS) is 17.2. The molecule has 1 aromatic heterocycles. The van der Waals surface area contributed by atoms with Crippen LogP contribution in [-0.2, 0) is 17.8 Å². The van der Waals surface area contributed by atoms with Crippen molar-refractivity contribution >= 4 is 12.2 Å². The van der Waals surface area contributed by atoms with Gasteiger partial charge in [0.2, 0.25) is 0 Å². The maximum absolute atomic E-state index is 5.38. The van der Waals surface area contributed by atoms with Crippen molar-refractivity contribution in [3.63, 3.8) is 0 Å². The van der Waals surface area contributed by atoms with Crippen LogP contribution in [0.3, 0.4) is 0 Å². The number of nitrogens with one attached hydrogen (secondary N) is 1. The van der Waals surface area contributed by atoms with Crippen molar-refractivity contribution in [2.45, 2.75) is 39.2 Å². The fraction of sp³-hybridized carbons (Fsp3) is 0.636. The summed E-state index contributed by atoms with van der Waals surface area (Å²) in [4.78, 5) is 7.84. The Kier molecular flexibility index (Phi) is 3.17. The molecule has 2 rings (SSSR count). The molecule has 0 saturated carbocycles. The third-order valence-corrected chi connectivity index (χ3v) is 3.28. The lowest BCUT2D eigenvalue weighted by Gasteiger charge is -2.18. The summed E-state index contributed by atoms with van der Waals surface area (Å²) in [6, 6.07) is 0. The molecular weight excluding hydrogens is 208 g/mol. The van der Waals surface area contributed by atoms with Crippen LogP contribution in [-0.4, -0.2) is 16.6 Å². The third kappa shape index (κ3) is 2.11. The molecule has 0 spiro atoms. The minimum Gasteiger partial charge on any atom is -0.376 e. The molecule has 3 nitrogen and oxygen atoms in total. The number of H-pyrrole nitrogens is 1. The first-order valence-corrected chi connectivity index (χ1v) is 5.83. The van der Waals surface area contributed by atoms with Crippen LogP contribution < -0.4 is 0 Å². The minimum absolute atomic E-state index is 0.444. The second kappa shape index (κ2) is 4.41. The number of aromatic nitrogens is 2. The first kappa shape index (κ1) is 10.8. The van der Waals surface area contributed by atoms with E-state index in [1.807, 2.05) is 0 Å². The molecule has 1 atom stereocenters. The number of hydrogen-bond acceptors (Lipinski definition) is 3. The number of ether oxygens (including phenoxy) is 1. The average molecular weight is 224 g/mol. The Morgan fingerprint density at radius 2 is 2.40 bits per heavy atom. The third-order valence-electron chi connectivity index (χ3n) is 2.95. The molecular formula is C11H16N2OS. The lowest BCUT2D eigenvalue weighted by molar-refractivity contribution is 0.108. The monoisotopic (exact) mass is 224 g/mol. The number of aromatic amines is 1. The minimum atomic E-state index is 0.444. The van der Waals surface area contributed by atoms with E-state index < -0.39 is 0 Å². The van der Waals surface area contributed by atoms with Gasteiger partial charge in [0.05, 0.1) is 13.2 Å². The van der Waals surface area contributed by atoms with Crippen molar-refractivity contribution in [3.8, 4) is 0 Å². The second-order valence-electron chi connectivity index (χ2n) is 4.00. The summed E-state index contributed by atoms with van der Waals surface area (Å²) in [5.74, 6) is 1.46. The van der Waals surface area contributed by atoms with E-state index in [0.717, 1.165) is 30.8 Å². The summed E-state index contributed by atoms with van der Waals surface area (Å²) in [6.45, 7) is 5.71. The van der Waals surface area contributed by atoms with E-state index >= 15 is 0 Å². The Bertz CT molecular complexity index is 414. The van der Waals surface area contributed by atoms with Crippen molar-refractivity contribution in [1.29, 1.82) is 0 Å². The van der Waals surface area contributed by atoms with Gasteiger partial charge in [-0.3, -0.25) is 0 Å². The van der Waals surface area contributed by atoms with Gasteiger partial charge >= 0.3 is 0 Å². The molecule has 0 radical (unpaired) electrons. The molecule has 1 N–H and O–H groups in total. The maximum Gasteiger partial charge on any atom is 0.135 e. The van der Waals surface area contributed by atoms with Crippen LogP contribution in [0.15, 0.2) is 0 Å². The van der Waals surface area contributed by atoms with Gasteiger partial charge < -0.3 is 9.72 Å². The topological polar surface area (TPSA) is 37.9 Å². The van der Waals surface area contributed by atoms with Crippen LogP contribution in [0.2, 0.25) is 0 Å². The SMILES string of the molecule is CCC(C)c1nc(=S)c2c([nH]1)CCOC2. The van der Waals surface area contributed by atoms with Crippen LogP contribution in [0, 0.1) is 4.64 Å². The molecule has 0 aliphatic carbocycles. The molecule has 0 amide bonds. The van der Waals surface area contributed by atoms with E-state index in [0.29, 0.717) is 17.2 Å². The van der Waals surface area contributed by atoms with E-state index in [9.17, 15) is 0 Å². The summed E-state index contributed by atoms with van der Waals surface area (Å²) in [6.07, 6.45) is 2.00. The van der Waals surface area contributed by atoms with Gasteiger partial charge in [0, 0.05) is 23.6 Å². The quantitative estimate of drug-likeness (QED) is 0.785. The summed E-state index contributed by atoms with van der Waals surface area (Å²) >= 11 is 5.28. The average Bonchev–Trinajstić information content (AvgIpc) is 2.28. The van der Waals surface area contributed by atoms with Gasteiger partial charge in [-0.15, -0.1) is 0 Å². The largest absolute Gasteiger partial charge is 0.376 e.